The monoisotopic (exact) mass is 412 g/mol. The molecule has 4 rings (SSSR count). The number of nitrogens with one attached hydrogen (secondary N) is 1. The highest BCUT2D eigenvalue weighted by molar-refractivity contribution is 7.99. The fourth-order valence-electron chi connectivity index (χ4n) is 3.44. The van der Waals surface area contributed by atoms with Crippen LogP contribution in [0.15, 0.2) is 60.0 Å². The zero-order chi connectivity index (χ0) is 20.2. The van der Waals surface area contributed by atoms with Gasteiger partial charge in [-0.05, 0) is 23.3 Å². The van der Waals surface area contributed by atoms with Crippen molar-refractivity contribution in [3.8, 4) is 0 Å². The van der Waals surface area contributed by atoms with E-state index >= 15 is 0 Å². The van der Waals surface area contributed by atoms with Crippen molar-refractivity contribution in [1.29, 1.82) is 0 Å². The summed E-state index contributed by atoms with van der Waals surface area (Å²) in [5.74, 6) is 0.826. The summed E-state index contributed by atoms with van der Waals surface area (Å²) >= 11 is 1.57. The number of hydrogen-bond donors (Lipinski definition) is 3. The van der Waals surface area contributed by atoms with E-state index in [1.165, 1.54) is 6.33 Å². The Bertz CT molecular complexity index is 920. The van der Waals surface area contributed by atoms with Crippen LogP contribution in [0.5, 0.6) is 0 Å². The number of thioether (sulfide) groups is 1. The van der Waals surface area contributed by atoms with Gasteiger partial charge in [-0.1, -0.05) is 55.1 Å². The first-order valence-corrected chi connectivity index (χ1v) is 10.5. The Labute approximate surface area is 173 Å². The summed E-state index contributed by atoms with van der Waals surface area (Å²) in [5.41, 5.74) is 9.46. The van der Waals surface area contributed by atoms with E-state index in [1.807, 2.05) is 48.5 Å². The number of rotatable bonds is 6. The summed E-state index contributed by atoms with van der Waals surface area (Å²) < 4.78 is 12.7. The predicted octanol–water partition coefficient (Wildman–Crippen LogP) is 3.46. The summed E-state index contributed by atoms with van der Waals surface area (Å²) in [4.78, 5) is 4.18. The van der Waals surface area contributed by atoms with E-state index in [0.717, 1.165) is 21.8 Å². The minimum atomic E-state index is -0.516. The van der Waals surface area contributed by atoms with Gasteiger partial charge in [0.2, 0.25) is 0 Å². The van der Waals surface area contributed by atoms with Crippen LogP contribution in [-0.2, 0) is 16.1 Å². The summed E-state index contributed by atoms with van der Waals surface area (Å²) in [6, 6.07) is 15.5. The average Bonchev–Trinajstić information content (AvgIpc) is 3.27. The van der Waals surface area contributed by atoms with Gasteiger partial charge >= 0.3 is 0 Å². The molecular weight excluding hydrogens is 388 g/mol. The highest BCUT2D eigenvalue weighted by Gasteiger charge is 2.38. The molecular formula is C21H24N4O3S. The normalized spacial score (nSPS) is 24.5. The zero-order valence-corrected chi connectivity index (χ0v) is 16.9. The fourth-order valence-corrected chi connectivity index (χ4v) is 4.38. The van der Waals surface area contributed by atoms with Crippen LogP contribution in [0.4, 0.5) is 5.69 Å². The summed E-state index contributed by atoms with van der Waals surface area (Å²) in [6.45, 7) is 2.15. The minimum absolute atomic E-state index is 0.0207. The highest BCUT2D eigenvalue weighted by Crippen LogP contribution is 2.42. The molecule has 0 spiro atoms. The van der Waals surface area contributed by atoms with Crippen molar-refractivity contribution >= 4 is 17.4 Å². The van der Waals surface area contributed by atoms with E-state index in [0.29, 0.717) is 11.4 Å². The van der Waals surface area contributed by atoms with Crippen molar-refractivity contribution in [3.05, 3.63) is 71.5 Å². The summed E-state index contributed by atoms with van der Waals surface area (Å²) in [6.07, 6.45) is 0.770. The van der Waals surface area contributed by atoms with Gasteiger partial charge in [-0.2, -0.15) is 5.10 Å². The van der Waals surface area contributed by atoms with Crippen molar-refractivity contribution < 1.29 is 14.6 Å². The van der Waals surface area contributed by atoms with Crippen molar-refractivity contribution in [3.63, 3.8) is 0 Å². The van der Waals surface area contributed by atoms with Gasteiger partial charge in [-0.3, -0.25) is 5.10 Å². The number of benzene rings is 2. The smallest absolute Gasteiger partial charge is 0.185 e. The number of aliphatic hydroxyl groups excluding tert-OH is 1. The van der Waals surface area contributed by atoms with Gasteiger partial charge in [-0.25, -0.2) is 4.98 Å². The number of aliphatic hydroxyl groups is 1. The molecule has 1 aromatic heterocycles. The van der Waals surface area contributed by atoms with Gasteiger partial charge in [0.15, 0.2) is 11.4 Å². The van der Waals surface area contributed by atoms with Crippen LogP contribution < -0.4 is 5.73 Å². The first-order valence-electron chi connectivity index (χ1n) is 9.48. The molecule has 2 aromatic carbocycles. The predicted molar refractivity (Wildman–Crippen MR) is 111 cm³/mol. The molecule has 0 aliphatic carbocycles. The van der Waals surface area contributed by atoms with E-state index in [-0.39, 0.29) is 24.7 Å². The lowest BCUT2D eigenvalue weighted by atomic mass is 9.91. The maximum atomic E-state index is 9.33. The molecule has 8 heteroatoms. The maximum absolute atomic E-state index is 9.33. The molecule has 0 saturated carbocycles. The first kappa shape index (κ1) is 19.9. The van der Waals surface area contributed by atoms with Gasteiger partial charge in [-0.15, -0.1) is 0 Å². The molecule has 4 N–H and O–H groups in total. The number of nitrogens with two attached hydrogens (primary N) is 1. The Morgan fingerprint density at radius 1 is 1.14 bits per heavy atom. The van der Waals surface area contributed by atoms with Crippen LogP contribution in [-0.4, -0.2) is 32.1 Å². The molecule has 1 fully saturated rings. The molecule has 0 bridgehead atoms. The Morgan fingerprint density at radius 3 is 2.66 bits per heavy atom. The first-order chi connectivity index (χ1) is 14.1. The number of nitrogen functional groups attached to an aromatic ring is 1. The molecule has 7 nitrogen and oxygen atoms in total. The topological polar surface area (TPSA) is 106 Å². The Morgan fingerprint density at radius 2 is 1.97 bits per heavy atom. The summed E-state index contributed by atoms with van der Waals surface area (Å²) in [7, 11) is 0. The van der Waals surface area contributed by atoms with E-state index in [9.17, 15) is 5.11 Å². The van der Waals surface area contributed by atoms with E-state index in [4.69, 9.17) is 15.2 Å². The highest BCUT2D eigenvalue weighted by atomic mass is 32.2. The second-order valence-corrected chi connectivity index (χ2v) is 8.10. The molecule has 29 heavy (non-hydrogen) atoms. The molecule has 0 amide bonds. The molecule has 3 aromatic rings. The number of ether oxygens (including phenoxy) is 2. The number of nitrogens with zero attached hydrogens (tertiary/aromatic N) is 2. The van der Waals surface area contributed by atoms with Crippen LogP contribution in [0, 0.1) is 5.92 Å². The molecule has 1 saturated heterocycles. The zero-order valence-electron chi connectivity index (χ0n) is 16.1. The lowest BCUT2D eigenvalue weighted by Crippen LogP contribution is -2.38. The molecule has 4 atom stereocenters. The van der Waals surface area contributed by atoms with Crippen LogP contribution in [0.2, 0.25) is 0 Å². The van der Waals surface area contributed by atoms with Crippen LogP contribution in [0.3, 0.4) is 0 Å². The molecule has 0 unspecified atom stereocenters. The van der Waals surface area contributed by atoms with E-state index < -0.39 is 6.29 Å². The van der Waals surface area contributed by atoms with Gasteiger partial charge in [0.1, 0.15) is 6.33 Å². The number of H-pyrrole nitrogens is 1. The molecule has 0 radical (unpaired) electrons. The van der Waals surface area contributed by atoms with Gasteiger partial charge in [0.05, 0.1) is 18.8 Å². The minimum Gasteiger partial charge on any atom is -0.399 e. The second kappa shape index (κ2) is 8.96. The lowest BCUT2D eigenvalue weighted by molar-refractivity contribution is -0.268. The van der Waals surface area contributed by atoms with Crippen LogP contribution >= 0.6 is 11.8 Å². The van der Waals surface area contributed by atoms with Crippen molar-refractivity contribution in [2.45, 2.75) is 37.2 Å². The summed E-state index contributed by atoms with van der Waals surface area (Å²) in [5, 5.41) is 16.9. The van der Waals surface area contributed by atoms with Crippen molar-refractivity contribution in [1.82, 2.24) is 15.2 Å². The Kier molecular flexibility index (Phi) is 6.15. The number of anilines is 1. The van der Waals surface area contributed by atoms with E-state index in [2.05, 4.69) is 22.1 Å². The third-order valence-electron chi connectivity index (χ3n) is 5.08. The van der Waals surface area contributed by atoms with Crippen molar-refractivity contribution in [2.75, 3.05) is 11.5 Å². The van der Waals surface area contributed by atoms with Gasteiger partial charge < -0.3 is 20.3 Å². The Hall–Kier alpha value is -2.39. The fraction of sp³-hybridized carbons (Fsp3) is 0.333. The number of hydrogen-bond acceptors (Lipinski definition) is 7. The standard InChI is InChI=1S/C21H24N4O3S/c1-13-18(11-29-21-23-12-24-25-21)27-20(16-3-2-4-17(22)9-16)28-19(13)15-7-5-14(10-26)6-8-15/h2-9,12-13,18-20,26H,10-11,22H2,1H3,(H,23,24,25)/t13-,18+,19+,20+/m0/s1. The maximum Gasteiger partial charge on any atom is 0.185 e. The molecule has 2 heterocycles. The molecule has 1 aliphatic rings. The quantitative estimate of drug-likeness (QED) is 0.420. The number of aromatic nitrogens is 3. The largest absolute Gasteiger partial charge is 0.399 e. The Balaban J connectivity index is 1.59. The van der Waals surface area contributed by atoms with Crippen LogP contribution in [0.25, 0.3) is 0 Å². The molecule has 1 aliphatic heterocycles. The third-order valence-corrected chi connectivity index (χ3v) is 6.05. The SMILES string of the molecule is C[C@H]1[C@@H](CSc2ncn[nH]2)O[C@@H](c2cccc(N)c2)O[C@H]1c1ccc(CO)cc1. The average molecular weight is 413 g/mol. The molecule has 152 valence electrons. The van der Waals surface area contributed by atoms with Crippen molar-refractivity contribution in [2.24, 2.45) is 5.92 Å². The third kappa shape index (κ3) is 4.62. The van der Waals surface area contributed by atoms with Gasteiger partial charge in [0, 0.05) is 22.9 Å². The van der Waals surface area contributed by atoms with Gasteiger partial charge in [0.25, 0.3) is 0 Å². The van der Waals surface area contributed by atoms with Crippen LogP contribution in [0.1, 0.15) is 36.0 Å². The lowest BCUT2D eigenvalue weighted by Gasteiger charge is -2.41. The van der Waals surface area contributed by atoms with E-state index in [1.54, 1.807) is 11.8 Å². The number of aromatic amines is 1. The second-order valence-electron chi connectivity index (χ2n) is 7.09.